The van der Waals surface area contributed by atoms with Crippen LogP contribution in [0, 0.1) is 0 Å². The zero-order valence-corrected chi connectivity index (χ0v) is 15.9. The van der Waals surface area contributed by atoms with Gasteiger partial charge in [0, 0.05) is 17.1 Å². The van der Waals surface area contributed by atoms with E-state index in [1.807, 2.05) is 30.3 Å². The molecule has 0 unspecified atom stereocenters. The number of nitrogen functional groups attached to an aromatic ring is 1. The van der Waals surface area contributed by atoms with Crippen LogP contribution in [0.1, 0.15) is 5.56 Å². The molecule has 0 aliphatic heterocycles. The minimum absolute atomic E-state index is 0.141. The molecule has 1 heterocycles. The number of amides is 1. The van der Waals surface area contributed by atoms with Gasteiger partial charge in [0.1, 0.15) is 0 Å². The molecule has 3 rings (SSSR count). The van der Waals surface area contributed by atoms with Crippen molar-refractivity contribution in [2.24, 2.45) is 0 Å². The first kappa shape index (κ1) is 18.6. The zero-order valence-electron chi connectivity index (χ0n) is 13.5. The normalized spacial score (nSPS) is 10.7. The highest BCUT2D eigenvalue weighted by Gasteiger charge is 2.15. The van der Waals surface area contributed by atoms with Crippen molar-refractivity contribution < 1.29 is 4.79 Å². The van der Waals surface area contributed by atoms with E-state index in [1.54, 1.807) is 18.2 Å². The summed E-state index contributed by atoms with van der Waals surface area (Å²) in [4.78, 5) is 12.0. The van der Waals surface area contributed by atoms with Crippen LogP contribution in [-0.4, -0.2) is 26.5 Å². The van der Waals surface area contributed by atoms with Crippen LogP contribution in [0.4, 0.5) is 0 Å². The van der Waals surface area contributed by atoms with Gasteiger partial charge in [0.2, 0.25) is 11.1 Å². The van der Waals surface area contributed by atoms with Gasteiger partial charge < -0.3 is 11.2 Å². The summed E-state index contributed by atoms with van der Waals surface area (Å²) in [5.41, 5.74) is 1.61. The molecule has 9 heteroatoms. The van der Waals surface area contributed by atoms with Gasteiger partial charge >= 0.3 is 0 Å². The van der Waals surface area contributed by atoms with E-state index in [1.165, 1.54) is 16.4 Å². The number of nitrogens with one attached hydrogen (secondary N) is 1. The molecule has 3 aromatic rings. The van der Waals surface area contributed by atoms with Gasteiger partial charge in [-0.05, 0) is 29.8 Å². The molecule has 0 radical (unpaired) electrons. The number of nitrogens with two attached hydrogens (primary N) is 1. The van der Waals surface area contributed by atoms with E-state index in [2.05, 4.69) is 15.5 Å². The van der Waals surface area contributed by atoms with Crippen molar-refractivity contribution in [3.63, 3.8) is 0 Å². The lowest BCUT2D eigenvalue weighted by Gasteiger charge is -2.06. The zero-order chi connectivity index (χ0) is 18.5. The van der Waals surface area contributed by atoms with Gasteiger partial charge in [0.05, 0.1) is 10.8 Å². The molecule has 134 valence electrons. The van der Waals surface area contributed by atoms with E-state index >= 15 is 0 Å². The third-order valence-electron chi connectivity index (χ3n) is 3.49. The fourth-order valence-electron chi connectivity index (χ4n) is 2.23. The lowest BCUT2D eigenvalue weighted by atomic mass is 10.2. The predicted octanol–water partition coefficient (Wildman–Crippen LogP) is 3.37. The molecule has 0 spiro atoms. The third-order valence-corrected chi connectivity index (χ3v) is 5.00. The number of halogens is 2. The number of aromatic nitrogens is 3. The van der Waals surface area contributed by atoms with E-state index < -0.39 is 0 Å². The second-order valence-corrected chi connectivity index (χ2v) is 7.14. The largest absolute Gasteiger partial charge is 0.351 e. The molecule has 0 atom stereocenters. The number of carbonyl (C=O) groups excluding carboxylic acids is 1. The number of thioether (sulfide) groups is 1. The predicted molar refractivity (Wildman–Crippen MR) is 105 cm³/mol. The lowest BCUT2D eigenvalue weighted by molar-refractivity contribution is -0.118. The van der Waals surface area contributed by atoms with E-state index in [9.17, 15) is 4.79 Å². The molecule has 0 bridgehead atoms. The molecule has 0 fully saturated rings. The smallest absolute Gasteiger partial charge is 0.230 e. The minimum atomic E-state index is -0.141. The van der Waals surface area contributed by atoms with E-state index in [-0.39, 0.29) is 11.7 Å². The molecule has 0 saturated carbocycles. The van der Waals surface area contributed by atoms with Crippen molar-refractivity contribution >= 4 is 40.9 Å². The Balaban J connectivity index is 1.58. The van der Waals surface area contributed by atoms with E-state index in [0.717, 1.165) is 5.56 Å². The Morgan fingerprint density at radius 3 is 2.73 bits per heavy atom. The van der Waals surface area contributed by atoms with Crippen molar-refractivity contribution in [2.45, 2.75) is 11.7 Å². The highest BCUT2D eigenvalue weighted by molar-refractivity contribution is 7.99. The van der Waals surface area contributed by atoms with Crippen LogP contribution >= 0.6 is 35.0 Å². The van der Waals surface area contributed by atoms with Crippen LogP contribution in [0.25, 0.3) is 11.4 Å². The average Bonchev–Trinajstić information content (AvgIpc) is 2.99. The maximum Gasteiger partial charge on any atom is 0.230 e. The van der Waals surface area contributed by atoms with Crippen LogP contribution in [-0.2, 0) is 11.3 Å². The number of carbonyl (C=O) groups is 1. The summed E-state index contributed by atoms with van der Waals surface area (Å²) in [7, 11) is 0. The Kier molecular flexibility index (Phi) is 6.03. The fraction of sp³-hybridized carbons (Fsp3) is 0.118. The second-order valence-electron chi connectivity index (χ2n) is 5.35. The summed E-state index contributed by atoms with van der Waals surface area (Å²) in [6.07, 6.45) is 0. The monoisotopic (exact) mass is 407 g/mol. The topological polar surface area (TPSA) is 85.8 Å². The van der Waals surface area contributed by atoms with E-state index in [4.69, 9.17) is 29.0 Å². The quantitative estimate of drug-likeness (QED) is 0.483. The first-order valence-corrected chi connectivity index (χ1v) is 9.38. The summed E-state index contributed by atoms with van der Waals surface area (Å²) in [6.45, 7) is 0.403. The van der Waals surface area contributed by atoms with Crippen LogP contribution in [0.2, 0.25) is 10.0 Å². The van der Waals surface area contributed by atoms with Crippen LogP contribution < -0.4 is 11.2 Å². The summed E-state index contributed by atoms with van der Waals surface area (Å²) in [6, 6.07) is 14.5. The Labute approximate surface area is 164 Å². The standard InChI is InChI=1S/C17H15Cl2N5OS/c18-12-5-3-4-11(8-12)9-21-15(25)10-26-17-23-22-16(24(17)20)13-6-1-2-7-14(13)19/h1-8H,9-10,20H2,(H,21,25). The summed E-state index contributed by atoms with van der Waals surface area (Å²) in [5.74, 6) is 6.50. The van der Waals surface area contributed by atoms with Crippen LogP contribution in [0.3, 0.4) is 0 Å². The SMILES string of the molecule is Nn1c(SCC(=O)NCc2cccc(Cl)c2)nnc1-c1ccccc1Cl. The highest BCUT2D eigenvalue weighted by atomic mass is 35.5. The minimum Gasteiger partial charge on any atom is -0.351 e. The first-order chi connectivity index (χ1) is 12.5. The molecule has 0 aliphatic rings. The molecule has 3 N–H and O–H groups in total. The molecule has 1 amide bonds. The summed E-state index contributed by atoms with van der Waals surface area (Å²) in [5, 5.41) is 12.5. The molecule has 1 aromatic heterocycles. The number of hydrogen-bond acceptors (Lipinski definition) is 5. The summed E-state index contributed by atoms with van der Waals surface area (Å²) >= 11 is 13.3. The molecule has 6 nitrogen and oxygen atoms in total. The van der Waals surface area contributed by atoms with Gasteiger partial charge in [-0.3, -0.25) is 4.79 Å². The van der Waals surface area contributed by atoms with Gasteiger partial charge in [0.15, 0.2) is 5.82 Å². The Bertz CT molecular complexity index is 931. The number of benzene rings is 2. The third kappa shape index (κ3) is 4.49. The van der Waals surface area contributed by atoms with Crippen molar-refractivity contribution in [1.29, 1.82) is 0 Å². The van der Waals surface area contributed by atoms with Gasteiger partial charge in [-0.25, -0.2) is 4.68 Å². The molecule has 2 aromatic carbocycles. The second kappa shape index (κ2) is 8.44. The van der Waals surface area contributed by atoms with Crippen molar-refractivity contribution in [1.82, 2.24) is 20.2 Å². The number of nitrogens with zero attached hydrogens (tertiary/aromatic N) is 3. The molecule has 0 saturated heterocycles. The van der Waals surface area contributed by atoms with Crippen molar-refractivity contribution in [3.05, 3.63) is 64.1 Å². The number of rotatable bonds is 6. The highest BCUT2D eigenvalue weighted by Crippen LogP contribution is 2.27. The summed E-state index contributed by atoms with van der Waals surface area (Å²) < 4.78 is 1.33. The molecule has 0 aliphatic carbocycles. The van der Waals surface area contributed by atoms with Gasteiger partial charge in [-0.15, -0.1) is 10.2 Å². The average molecular weight is 408 g/mol. The molecular weight excluding hydrogens is 393 g/mol. The van der Waals surface area contributed by atoms with E-state index in [0.29, 0.717) is 33.1 Å². The first-order valence-electron chi connectivity index (χ1n) is 7.64. The fourth-order valence-corrected chi connectivity index (χ4v) is 3.35. The van der Waals surface area contributed by atoms with Crippen LogP contribution in [0.5, 0.6) is 0 Å². The van der Waals surface area contributed by atoms with Gasteiger partial charge in [-0.1, -0.05) is 59.2 Å². The van der Waals surface area contributed by atoms with Crippen LogP contribution in [0.15, 0.2) is 53.7 Å². The maximum atomic E-state index is 12.0. The molecular formula is C17H15Cl2N5OS. The molecule has 26 heavy (non-hydrogen) atoms. The lowest BCUT2D eigenvalue weighted by Crippen LogP contribution is -2.25. The van der Waals surface area contributed by atoms with Crippen molar-refractivity contribution in [2.75, 3.05) is 11.6 Å². The van der Waals surface area contributed by atoms with Gasteiger partial charge in [0.25, 0.3) is 0 Å². The number of hydrogen-bond donors (Lipinski definition) is 2. The Hall–Kier alpha value is -2.22. The van der Waals surface area contributed by atoms with Crippen molar-refractivity contribution in [3.8, 4) is 11.4 Å². The Morgan fingerprint density at radius 2 is 1.96 bits per heavy atom. The van der Waals surface area contributed by atoms with Gasteiger partial charge in [-0.2, -0.15) is 0 Å². The Morgan fingerprint density at radius 1 is 1.15 bits per heavy atom. The maximum absolute atomic E-state index is 12.0.